The van der Waals surface area contributed by atoms with E-state index >= 15 is 0 Å². The summed E-state index contributed by atoms with van der Waals surface area (Å²) >= 11 is 6.09. The number of hydrogen-bond acceptors (Lipinski definition) is 5. The standard InChI is InChI=1S/C24H19ClFN3O4/c1-13-20(22(29-33-13)21-18(25)8-5-9-19(21)26)24(31)28-27-23(30)14(2)32-17-11-10-15-6-3-4-7-16(15)12-17/h3-12,14H,1-2H3,(H,27,30)(H,28,31). The van der Waals surface area contributed by atoms with Crippen molar-refractivity contribution in [3.05, 3.63) is 82.8 Å². The van der Waals surface area contributed by atoms with Crippen LogP contribution in [0.3, 0.4) is 0 Å². The van der Waals surface area contributed by atoms with Gasteiger partial charge in [-0.3, -0.25) is 20.4 Å². The molecule has 1 atom stereocenters. The summed E-state index contributed by atoms with van der Waals surface area (Å²) in [7, 11) is 0. The predicted molar refractivity (Wildman–Crippen MR) is 121 cm³/mol. The van der Waals surface area contributed by atoms with Crippen molar-refractivity contribution in [3.8, 4) is 17.0 Å². The van der Waals surface area contributed by atoms with Crippen LogP contribution in [0.5, 0.6) is 5.75 Å². The molecule has 0 aliphatic rings. The van der Waals surface area contributed by atoms with Crippen molar-refractivity contribution in [2.45, 2.75) is 20.0 Å². The average molecular weight is 468 g/mol. The van der Waals surface area contributed by atoms with Crippen molar-refractivity contribution in [3.63, 3.8) is 0 Å². The molecule has 2 N–H and O–H groups in total. The lowest BCUT2D eigenvalue weighted by Gasteiger charge is -2.15. The first-order valence-corrected chi connectivity index (χ1v) is 10.4. The predicted octanol–water partition coefficient (Wildman–Crippen LogP) is 4.82. The average Bonchev–Trinajstić information content (AvgIpc) is 3.18. The molecule has 1 heterocycles. The van der Waals surface area contributed by atoms with Gasteiger partial charge in [-0.2, -0.15) is 0 Å². The van der Waals surface area contributed by atoms with Crippen LogP contribution in [0.25, 0.3) is 22.0 Å². The van der Waals surface area contributed by atoms with Gasteiger partial charge in [-0.1, -0.05) is 53.2 Å². The fourth-order valence-corrected chi connectivity index (χ4v) is 3.57. The van der Waals surface area contributed by atoms with E-state index in [0.29, 0.717) is 5.75 Å². The van der Waals surface area contributed by atoms with Crippen LogP contribution in [0, 0.1) is 12.7 Å². The first-order chi connectivity index (χ1) is 15.8. The van der Waals surface area contributed by atoms with Crippen molar-refractivity contribution >= 4 is 34.2 Å². The van der Waals surface area contributed by atoms with E-state index in [1.54, 1.807) is 13.0 Å². The molecule has 4 aromatic rings. The Morgan fingerprint density at radius 2 is 1.82 bits per heavy atom. The highest BCUT2D eigenvalue weighted by Crippen LogP contribution is 2.33. The minimum absolute atomic E-state index is 0.0506. The maximum atomic E-state index is 14.3. The largest absolute Gasteiger partial charge is 0.481 e. The van der Waals surface area contributed by atoms with Crippen LogP contribution in [0.15, 0.2) is 65.2 Å². The zero-order chi connectivity index (χ0) is 23.5. The lowest BCUT2D eigenvalue weighted by atomic mass is 10.1. The molecule has 7 nitrogen and oxygen atoms in total. The van der Waals surface area contributed by atoms with Crippen LogP contribution >= 0.6 is 11.6 Å². The van der Waals surface area contributed by atoms with E-state index in [4.69, 9.17) is 20.9 Å². The molecule has 0 saturated heterocycles. The van der Waals surface area contributed by atoms with Gasteiger partial charge < -0.3 is 9.26 Å². The molecule has 0 fully saturated rings. The van der Waals surface area contributed by atoms with Gasteiger partial charge >= 0.3 is 0 Å². The third-order valence-corrected chi connectivity index (χ3v) is 5.31. The van der Waals surface area contributed by atoms with Gasteiger partial charge in [0.2, 0.25) is 0 Å². The number of aromatic nitrogens is 1. The van der Waals surface area contributed by atoms with Gasteiger partial charge in [-0.05, 0) is 48.9 Å². The summed E-state index contributed by atoms with van der Waals surface area (Å²) in [4.78, 5) is 25.2. The molecule has 0 aliphatic carbocycles. The van der Waals surface area contributed by atoms with E-state index in [-0.39, 0.29) is 27.6 Å². The summed E-state index contributed by atoms with van der Waals surface area (Å²) in [5.41, 5.74) is 4.40. The van der Waals surface area contributed by atoms with Crippen LogP contribution in [0.1, 0.15) is 23.0 Å². The second kappa shape index (κ2) is 9.30. The number of nitrogens with one attached hydrogen (secondary N) is 2. The molecule has 0 radical (unpaired) electrons. The Kier molecular flexibility index (Phi) is 6.28. The molecular formula is C24H19ClFN3O4. The van der Waals surface area contributed by atoms with Crippen molar-refractivity contribution in [2.24, 2.45) is 0 Å². The van der Waals surface area contributed by atoms with Crippen molar-refractivity contribution in [1.82, 2.24) is 16.0 Å². The summed E-state index contributed by atoms with van der Waals surface area (Å²) in [6, 6.07) is 17.3. The van der Waals surface area contributed by atoms with Gasteiger partial charge in [0, 0.05) is 0 Å². The van der Waals surface area contributed by atoms with Crippen LogP contribution < -0.4 is 15.6 Å². The first-order valence-electron chi connectivity index (χ1n) is 10.0. The number of rotatable bonds is 5. The van der Waals surface area contributed by atoms with E-state index in [2.05, 4.69) is 16.0 Å². The number of benzene rings is 3. The molecule has 9 heteroatoms. The summed E-state index contributed by atoms with van der Waals surface area (Å²) in [5.74, 6) is -1.35. The number of nitrogens with zero attached hydrogens (tertiary/aromatic N) is 1. The highest BCUT2D eigenvalue weighted by Gasteiger charge is 2.26. The Hall–Kier alpha value is -3.91. The Balaban J connectivity index is 1.44. The molecule has 3 aromatic carbocycles. The van der Waals surface area contributed by atoms with E-state index in [9.17, 15) is 14.0 Å². The van der Waals surface area contributed by atoms with Crippen LogP contribution in [-0.4, -0.2) is 23.1 Å². The van der Waals surface area contributed by atoms with Gasteiger partial charge in [0.05, 0.1) is 10.6 Å². The third-order valence-electron chi connectivity index (χ3n) is 4.99. The molecule has 4 rings (SSSR count). The monoisotopic (exact) mass is 467 g/mol. The van der Waals surface area contributed by atoms with Crippen LogP contribution in [0.2, 0.25) is 5.02 Å². The minimum Gasteiger partial charge on any atom is -0.481 e. The van der Waals surface area contributed by atoms with Crippen molar-refractivity contribution in [2.75, 3.05) is 0 Å². The first kappa shape index (κ1) is 22.3. The zero-order valence-electron chi connectivity index (χ0n) is 17.7. The molecule has 0 bridgehead atoms. The quantitative estimate of drug-likeness (QED) is 0.410. The van der Waals surface area contributed by atoms with Crippen molar-refractivity contribution < 1.29 is 23.2 Å². The van der Waals surface area contributed by atoms with E-state index in [0.717, 1.165) is 10.8 Å². The molecule has 33 heavy (non-hydrogen) atoms. The van der Waals surface area contributed by atoms with Crippen LogP contribution in [-0.2, 0) is 4.79 Å². The SMILES string of the molecule is Cc1onc(-c2c(F)cccc2Cl)c1C(=O)NNC(=O)C(C)Oc1ccc2ccccc2c1. The minimum atomic E-state index is -0.907. The number of carbonyl (C=O) groups is 2. The maximum absolute atomic E-state index is 14.3. The number of hydrazine groups is 1. The number of amides is 2. The van der Waals surface area contributed by atoms with Gasteiger partial charge in [-0.25, -0.2) is 4.39 Å². The maximum Gasteiger partial charge on any atom is 0.279 e. The summed E-state index contributed by atoms with van der Waals surface area (Å²) in [6.07, 6.45) is -0.907. The normalized spacial score (nSPS) is 11.8. The highest BCUT2D eigenvalue weighted by molar-refractivity contribution is 6.33. The van der Waals surface area contributed by atoms with E-state index in [1.807, 2.05) is 36.4 Å². The third kappa shape index (κ3) is 4.65. The number of hydrogen-bond donors (Lipinski definition) is 2. The topological polar surface area (TPSA) is 93.5 Å². The molecule has 1 unspecified atom stereocenters. The van der Waals surface area contributed by atoms with Gasteiger partial charge in [-0.15, -0.1) is 0 Å². The fourth-order valence-electron chi connectivity index (χ4n) is 3.32. The van der Waals surface area contributed by atoms with E-state index in [1.165, 1.54) is 25.1 Å². The fraction of sp³-hybridized carbons (Fsp3) is 0.125. The number of aryl methyl sites for hydroxylation is 1. The number of carbonyl (C=O) groups excluding carboxylic acids is 2. The molecule has 0 saturated carbocycles. The summed E-state index contributed by atoms with van der Waals surface area (Å²) in [6.45, 7) is 3.04. The number of halogens is 2. The second-order valence-corrected chi connectivity index (χ2v) is 7.68. The molecular weight excluding hydrogens is 449 g/mol. The zero-order valence-corrected chi connectivity index (χ0v) is 18.4. The Bertz CT molecular complexity index is 1330. The molecule has 1 aromatic heterocycles. The highest BCUT2D eigenvalue weighted by atomic mass is 35.5. The Labute approximate surface area is 193 Å². The van der Waals surface area contributed by atoms with Gasteiger partial charge in [0.25, 0.3) is 11.8 Å². The van der Waals surface area contributed by atoms with Gasteiger partial charge in [0.1, 0.15) is 28.6 Å². The second-order valence-electron chi connectivity index (χ2n) is 7.27. The Morgan fingerprint density at radius 1 is 1.06 bits per heavy atom. The molecule has 168 valence electrons. The molecule has 2 amide bonds. The lowest BCUT2D eigenvalue weighted by molar-refractivity contribution is -0.128. The smallest absolute Gasteiger partial charge is 0.279 e. The van der Waals surface area contributed by atoms with Crippen molar-refractivity contribution in [1.29, 1.82) is 0 Å². The van der Waals surface area contributed by atoms with E-state index < -0.39 is 23.7 Å². The van der Waals surface area contributed by atoms with Gasteiger partial charge in [0.15, 0.2) is 6.10 Å². The molecule has 0 spiro atoms. The molecule has 0 aliphatic heterocycles. The lowest BCUT2D eigenvalue weighted by Crippen LogP contribution is -2.47. The number of ether oxygens (including phenoxy) is 1. The Morgan fingerprint density at radius 3 is 2.58 bits per heavy atom. The number of fused-ring (bicyclic) bond motifs is 1. The summed E-state index contributed by atoms with van der Waals surface area (Å²) in [5, 5.41) is 5.86. The van der Waals surface area contributed by atoms with Crippen LogP contribution in [0.4, 0.5) is 4.39 Å². The summed E-state index contributed by atoms with van der Waals surface area (Å²) < 4.78 is 25.1.